The van der Waals surface area contributed by atoms with Crippen LogP contribution in [0.2, 0.25) is 0 Å². The highest BCUT2D eigenvalue weighted by atomic mass is 127. The van der Waals surface area contributed by atoms with Crippen molar-refractivity contribution in [3.05, 3.63) is 54.9 Å². The molecule has 0 saturated carbocycles. The predicted molar refractivity (Wildman–Crippen MR) is 110 cm³/mol. The summed E-state index contributed by atoms with van der Waals surface area (Å²) in [6.45, 7) is 5.25. The fourth-order valence-electron chi connectivity index (χ4n) is 2.23. The molecule has 24 heavy (non-hydrogen) atoms. The fraction of sp³-hybridized carbons (Fsp3) is 0.333. The average Bonchev–Trinajstić information content (AvgIpc) is 3.05. The molecule has 2 rings (SSSR count). The van der Waals surface area contributed by atoms with Crippen LogP contribution in [0.1, 0.15) is 18.5 Å². The summed E-state index contributed by atoms with van der Waals surface area (Å²) in [6.07, 6.45) is 5.68. The fourth-order valence-corrected chi connectivity index (χ4v) is 2.23. The lowest BCUT2D eigenvalue weighted by Gasteiger charge is -2.21. The number of hydrogen-bond acceptors (Lipinski definition) is 3. The molecule has 0 spiro atoms. The van der Waals surface area contributed by atoms with Gasteiger partial charge in [-0.2, -0.15) is 0 Å². The van der Waals surface area contributed by atoms with E-state index >= 15 is 0 Å². The van der Waals surface area contributed by atoms with Gasteiger partial charge < -0.3 is 14.6 Å². The molecule has 0 atom stereocenters. The quantitative estimate of drug-likeness (QED) is 0.233. The summed E-state index contributed by atoms with van der Waals surface area (Å²) in [5.74, 6) is 1.48. The normalized spacial score (nSPS) is 10.8. The number of aromatic nitrogens is 1. The molecule has 1 heterocycles. The minimum absolute atomic E-state index is 0. The summed E-state index contributed by atoms with van der Waals surface area (Å²) < 4.78 is 5.54. The van der Waals surface area contributed by atoms with E-state index in [1.807, 2.05) is 43.5 Å². The van der Waals surface area contributed by atoms with Crippen molar-refractivity contribution in [2.45, 2.75) is 19.4 Å². The molecule has 1 aromatic carbocycles. The van der Waals surface area contributed by atoms with Crippen LogP contribution in [0.5, 0.6) is 0 Å². The highest BCUT2D eigenvalue weighted by Crippen LogP contribution is 2.17. The second kappa shape index (κ2) is 10.9. The van der Waals surface area contributed by atoms with Crippen LogP contribution in [0.15, 0.2) is 58.7 Å². The van der Waals surface area contributed by atoms with Crippen molar-refractivity contribution in [2.24, 2.45) is 4.99 Å². The Labute approximate surface area is 160 Å². The Kier molecular flexibility index (Phi) is 9.14. The molecule has 0 unspecified atom stereocenters. The van der Waals surface area contributed by atoms with Gasteiger partial charge in [0.1, 0.15) is 6.26 Å². The molecule has 0 fully saturated rings. The minimum atomic E-state index is 0. The average molecular weight is 440 g/mol. The van der Waals surface area contributed by atoms with E-state index in [4.69, 9.17) is 4.42 Å². The molecule has 6 heteroatoms. The number of unbranched alkanes of at least 4 members (excludes halogenated alkanes) is 1. The third-order valence-corrected chi connectivity index (χ3v) is 3.48. The molecule has 0 saturated heterocycles. The lowest BCUT2D eigenvalue weighted by atomic mass is 10.2. The Morgan fingerprint density at radius 2 is 2.12 bits per heavy atom. The van der Waals surface area contributed by atoms with Crippen molar-refractivity contribution >= 4 is 29.9 Å². The monoisotopic (exact) mass is 440 g/mol. The minimum Gasteiger partial charge on any atom is -0.444 e. The molecular formula is C18H25IN4O. The van der Waals surface area contributed by atoms with Gasteiger partial charge in [0.15, 0.2) is 5.96 Å². The van der Waals surface area contributed by atoms with Crippen LogP contribution in [0.3, 0.4) is 0 Å². The van der Waals surface area contributed by atoms with Gasteiger partial charge in [-0.15, -0.1) is 30.6 Å². The summed E-state index contributed by atoms with van der Waals surface area (Å²) in [7, 11) is 3.81. The van der Waals surface area contributed by atoms with Gasteiger partial charge in [0.25, 0.3) is 0 Å². The first kappa shape index (κ1) is 20.2. The SMILES string of the molecule is C=CCCCN(C)C(=NC)NCc1coc(-c2ccccc2)n1.I. The Balaban J connectivity index is 0.00000288. The number of nitrogens with zero attached hydrogens (tertiary/aromatic N) is 3. The molecule has 0 radical (unpaired) electrons. The number of allylic oxidation sites excluding steroid dienone is 1. The van der Waals surface area contributed by atoms with Gasteiger partial charge >= 0.3 is 0 Å². The number of nitrogens with one attached hydrogen (secondary N) is 1. The summed E-state index contributed by atoms with van der Waals surface area (Å²) in [6, 6.07) is 9.88. The standard InChI is InChI=1S/C18H24N4O.HI/c1-4-5-9-12-22(3)18(19-2)20-13-16-14-23-17(21-16)15-10-7-6-8-11-15;/h4,6-8,10-11,14H,1,5,9,12-13H2,2-3H3,(H,19,20);1H. The van der Waals surface area contributed by atoms with Crippen LogP contribution in [0.25, 0.3) is 11.5 Å². The Hall–Kier alpha value is -1.83. The van der Waals surface area contributed by atoms with Gasteiger partial charge in [0.2, 0.25) is 5.89 Å². The van der Waals surface area contributed by atoms with E-state index in [-0.39, 0.29) is 24.0 Å². The lowest BCUT2D eigenvalue weighted by Crippen LogP contribution is -2.39. The second-order valence-electron chi connectivity index (χ2n) is 5.26. The molecule has 2 aromatic rings. The van der Waals surface area contributed by atoms with Gasteiger partial charge in [0, 0.05) is 26.2 Å². The Bertz CT molecular complexity index is 639. The van der Waals surface area contributed by atoms with Crippen molar-refractivity contribution in [2.75, 3.05) is 20.6 Å². The maximum atomic E-state index is 5.54. The van der Waals surface area contributed by atoms with Gasteiger partial charge in [-0.05, 0) is 25.0 Å². The topological polar surface area (TPSA) is 53.7 Å². The third kappa shape index (κ3) is 5.99. The van der Waals surface area contributed by atoms with E-state index in [0.717, 1.165) is 36.6 Å². The number of benzene rings is 1. The summed E-state index contributed by atoms with van der Waals surface area (Å²) in [5.41, 5.74) is 1.83. The van der Waals surface area contributed by atoms with Crippen molar-refractivity contribution in [3.8, 4) is 11.5 Å². The molecule has 0 aliphatic heterocycles. The second-order valence-corrected chi connectivity index (χ2v) is 5.26. The maximum Gasteiger partial charge on any atom is 0.226 e. The highest BCUT2D eigenvalue weighted by molar-refractivity contribution is 14.0. The van der Waals surface area contributed by atoms with Crippen LogP contribution in [-0.2, 0) is 6.54 Å². The Morgan fingerprint density at radius 1 is 1.38 bits per heavy atom. The van der Waals surface area contributed by atoms with Crippen molar-refractivity contribution in [1.82, 2.24) is 15.2 Å². The van der Waals surface area contributed by atoms with E-state index in [1.165, 1.54) is 0 Å². The first-order valence-electron chi connectivity index (χ1n) is 7.77. The summed E-state index contributed by atoms with van der Waals surface area (Å²) >= 11 is 0. The number of hydrogen-bond donors (Lipinski definition) is 1. The first-order chi connectivity index (χ1) is 11.2. The maximum absolute atomic E-state index is 5.54. The molecular weight excluding hydrogens is 415 g/mol. The van der Waals surface area contributed by atoms with E-state index in [0.29, 0.717) is 12.4 Å². The number of rotatable bonds is 7. The van der Waals surface area contributed by atoms with Gasteiger partial charge in [0.05, 0.1) is 12.2 Å². The molecule has 1 N–H and O–H groups in total. The molecule has 0 bridgehead atoms. The van der Waals surface area contributed by atoms with E-state index in [9.17, 15) is 0 Å². The van der Waals surface area contributed by atoms with Crippen LogP contribution in [-0.4, -0.2) is 36.5 Å². The number of guanidine groups is 1. The zero-order valence-electron chi connectivity index (χ0n) is 14.2. The molecule has 0 aliphatic rings. The van der Waals surface area contributed by atoms with Crippen LogP contribution in [0, 0.1) is 0 Å². The molecule has 5 nitrogen and oxygen atoms in total. The van der Waals surface area contributed by atoms with Gasteiger partial charge in [-0.25, -0.2) is 4.98 Å². The lowest BCUT2D eigenvalue weighted by molar-refractivity contribution is 0.469. The van der Waals surface area contributed by atoms with Gasteiger partial charge in [-0.1, -0.05) is 24.3 Å². The summed E-state index contributed by atoms with van der Waals surface area (Å²) in [4.78, 5) is 10.9. The zero-order valence-corrected chi connectivity index (χ0v) is 16.6. The van der Waals surface area contributed by atoms with E-state index < -0.39 is 0 Å². The molecule has 130 valence electrons. The zero-order chi connectivity index (χ0) is 16.5. The van der Waals surface area contributed by atoms with Crippen molar-refractivity contribution in [3.63, 3.8) is 0 Å². The Morgan fingerprint density at radius 3 is 2.79 bits per heavy atom. The largest absolute Gasteiger partial charge is 0.444 e. The van der Waals surface area contributed by atoms with Crippen LogP contribution in [0.4, 0.5) is 0 Å². The van der Waals surface area contributed by atoms with Gasteiger partial charge in [-0.3, -0.25) is 4.99 Å². The smallest absolute Gasteiger partial charge is 0.226 e. The summed E-state index contributed by atoms with van der Waals surface area (Å²) in [5, 5.41) is 3.30. The van der Waals surface area contributed by atoms with E-state index in [2.05, 4.69) is 26.8 Å². The van der Waals surface area contributed by atoms with Crippen LogP contribution < -0.4 is 5.32 Å². The van der Waals surface area contributed by atoms with E-state index in [1.54, 1.807) is 13.3 Å². The van der Waals surface area contributed by atoms with Crippen molar-refractivity contribution in [1.29, 1.82) is 0 Å². The van der Waals surface area contributed by atoms with Crippen molar-refractivity contribution < 1.29 is 4.42 Å². The third-order valence-electron chi connectivity index (χ3n) is 3.48. The first-order valence-corrected chi connectivity index (χ1v) is 7.77. The highest BCUT2D eigenvalue weighted by Gasteiger charge is 2.09. The predicted octanol–water partition coefficient (Wildman–Crippen LogP) is 3.93. The molecule has 0 amide bonds. The molecule has 1 aromatic heterocycles. The number of halogens is 1. The van der Waals surface area contributed by atoms with Crippen LogP contribution >= 0.6 is 24.0 Å². The number of aliphatic imine (C=N–C) groups is 1. The number of oxazole rings is 1. The molecule has 0 aliphatic carbocycles.